The Morgan fingerprint density at radius 2 is 2.17 bits per heavy atom. The summed E-state index contributed by atoms with van der Waals surface area (Å²) in [6, 6.07) is 4.82. The smallest absolute Gasteiger partial charge is 0.165 e. The van der Waals surface area contributed by atoms with Crippen LogP contribution < -0.4 is 0 Å². The van der Waals surface area contributed by atoms with Crippen molar-refractivity contribution in [3.63, 3.8) is 0 Å². The summed E-state index contributed by atoms with van der Waals surface area (Å²) in [6.45, 7) is -0.137. The number of aromatic nitrogens is 3. The van der Waals surface area contributed by atoms with Crippen LogP contribution in [-0.4, -0.2) is 19.9 Å². The lowest BCUT2D eigenvalue weighted by atomic mass is 10.2. The van der Waals surface area contributed by atoms with Crippen LogP contribution in [0, 0.1) is 5.82 Å². The molecule has 1 aliphatic carbocycles. The minimum absolute atomic E-state index is 0.137. The van der Waals surface area contributed by atoms with Crippen LogP contribution in [0.5, 0.6) is 0 Å². The molecule has 94 valence electrons. The molecule has 1 aromatic carbocycles. The Hall–Kier alpha value is -1.27. The number of aliphatic hydroxyl groups excluding tert-OH is 1. The Bertz CT molecular complexity index is 595. The Kier molecular flexibility index (Phi) is 2.91. The van der Waals surface area contributed by atoms with Gasteiger partial charge in [0, 0.05) is 16.1 Å². The van der Waals surface area contributed by atoms with Gasteiger partial charge in [-0.25, -0.2) is 4.39 Å². The Balaban J connectivity index is 2.13. The van der Waals surface area contributed by atoms with Gasteiger partial charge in [-0.05, 0) is 47.0 Å². The Labute approximate surface area is 112 Å². The number of halogens is 2. The van der Waals surface area contributed by atoms with Crippen LogP contribution in [0.15, 0.2) is 22.7 Å². The topological polar surface area (TPSA) is 50.9 Å². The van der Waals surface area contributed by atoms with Gasteiger partial charge >= 0.3 is 0 Å². The number of nitrogens with zero attached hydrogens (tertiary/aromatic N) is 3. The molecule has 1 saturated carbocycles. The molecule has 1 fully saturated rings. The number of rotatable bonds is 3. The van der Waals surface area contributed by atoms with Crippen LogP contribution in [-0.2, 0) is 6.61 Å². The summed E-state index contributed by atoms with van der Waals surface area (Å²) in [4.78, 5) is 0. The van der Waals surface area contributed by atoms with Gasteiger partial charge in [0.25, 0.3) is 0 Å². The molecule has 1 aliphatic rings. The Morgan fingerprint density at radius 1 is 1.39 bits per heavy atom. The van der Waals surface area contributed by atoms with Crippen molar-refractivity contribution in [1.29, 1.82) is 0 Å². The molecule has 3 rings (SSSR count). The molecule has 0 amide bonds. The minimum Gasteiger partial charge on any atom is -0.388 e. The van der Waals surface area contributed by atoms with Gasteiger partial charge in [-0.3, -0.25) is 0 Å². The predicted octanol–water partition coefficient (Wildman–Crippen LogP) is 2.67. The van der Waals surface area contributed by atoms with E-state index in [1.54, 1.807) is 6.07 Å². The molecule has 0 radical (unpaired) electrons. The van der Waals surface area contributed by atoms with Gasteiger partial charge in [0.2, 0.25) is 0 Å². The van der Waals surface area contributed by atoms with Crippen molar-refractivity contribution in [2.45, 2.75) is 25.5 Å². The molecule has 0 atom stereocenters. The van der Waals surface area contributed by atoms with Gasteiger partial charge in [0.15, 0.2) is 11.6 Å². The first-order valence-electron chi connectivity index (χ1n) is 5.70. The summed E-state index contributed by atoms with van der Waals surface area (Å²) < 4.78 is 15.7. The van der Waals surface area contributed by atoms with Crippen LogP contribution in [0.3, 0.4) is 0 Å². The average Bonchev–Trinajstić information content (AvgIpc) is 3.09. The van der Waals surface area contributed by atoms with E-state index in [9.17, 15) is 9.50 Å². The van der Waals surface area contributed by atoms with Crippen LogP contribution in [0.4, 0.5) is 4.39 Å². The maximum Gasteiger partial charge on any atom is 0.165 e. The van der Waals surface area contributed by atoms with E-state index in [4.69, 9.17) is 0 Å². The highest BCUT2D eigenvalue weighted by Crippen LogP contribution is 2.40. The highest BCUT2D eigenvalue weighted by Gasteiger charge is 2.30. The standard InChI is InChI=1S/C12H11BrFN3O/c13-10-5-7(14)1-4-9(10)12-16-15-11(6-18)17(12)8-2-3-8/h1,4-5,8,18H,2-3,6H2. The predicted molar refractivity (Wildman–Crippen MR) is 67.3 cm³/mol. The fraction of sp³-hybridized carbons (Fsp3) is 0.333. The van der Waals surface area contributed by atoms with Crippen molar-refractivity contribution in [1.82, 2.24) is 14.8 Å². The van der Waals surface area contributed by atoms with Crippen molar-refractivity contribution < 1.29 is 9.50 Å². The maximum atomic E-state index is 13.1. The monoisotopic (exact) mass is 311 g/mol. The SMILES string of the molecule is OCc1nnc(-c2ccc(F)cc2Br)n1C1CC1. The van der Waals surface area contributed by atoms with Gasteiger partial charge < -0.3 is 9.67 Å². The number of hydrogen-bond donors (Lipinski definition) is 1. The molecular formula is C12H11BrFN3O. The van der Waals surface area contributed by atoms with E-state index in [0.717, 1.165) is 18.4 Å². The second-order valence-corrected chi connectivity index (χ2v) is 5.18. The second kappa shape index (κ2) is 4.44. The zero-order valence-electron chi connectivity index (χ0n) is 9.48. The highest BCUT2D eigenvalue weighted by atomic mass is 79.9. The van der Waals surface area contributed by atoms with Crippen LogP contribution in [0.1, 0.15) is 24.7 Å². The first kappa shape index (κ1) is 11.8. The third-order valence-corrected chi connectivity index (χ3v) is 3.65. The molecule has 18 heavy (non-hydrogen) atoms. The normalized spacial score (nSPS) is 15.1. The van der Waals surface area contributed by atoms with Gasteiger partial charge in [0.05, 0.1) is 0 Å². The summed E-state index contributed by atoms with van der Waals surface area (Å²) >= 11 is 3.34. The summed E-state index contributed by atoms with van der Waals surface area (Å²) in [7, 11) is 0. The van der Waals surface area contributed by atoms with Crippen LogP contribution >= 0.6 is 15.9 Å². The molecule has 0 spiro atoms. The molecular weight excluding hydrogens is 301 g/mol. The van der Waals surface area contributed by atoms with Crippen molar-refractivity contribution >= 4 is 15.9 Å². The van der Waals surface area contributed by atoms with Crippen molar-refractivity contribution in [3.05, 3.63) is 34.3 Å². The van der Waals surface area contributed by atoms with Crippen molar-refractivity contribution in [2.75, 3.05) is 0 Å². The van der Waals surface area contributed by atoms with Crippen LogP contribution in [0.2, 0.25) is 0 Å². The molecule has 0 saturated heterocycles. The van der Waals surface area contributed by atoms with Gasteiger partial charge in [0.1, 0.15) is 12.4 Å². The van der Waals surface area contributed by atoms with Crippen molar-refractivity contribution in [2.24, 2.45) is 0 Å². The molecule has 4 nitrogen and oxygen atoms in total. The van der Waals surface area contributed by atoms with Crippen LogP contribution in [0.25, 0.3) is 11.4 Å². The first-order valence-corrected chi connectivity index (χ1v) is 6.50. The first-order chi connectivity index (χ1) is 8.70. The molecule has 0 bridgehead atoms. The van der Waals surface area contributed by atoms with E-state index in [2.05, 4.69) is 26.1 Å². The lowest BCUT2D eigenvalue weighted by Crippen LogP contribution is -2.03. The van der Waals surface area contributed by atoms with E-state index >= 15 is 0 Å². The fourth-order valence-corrected chi connectivity index (χ4v) is 2.53. The van der Waals surface area contributed by atoms with E-state index in [1.165, 1.54) is 12.1 Å². The largest absolute Gasteiger partial charge is 0.388 e. The number of benzene rings is 1. The van der Waals surface area contributed by atoms with E-state index in [0.29, 0.717) is 22.2 Å². The van der Waals surface area contributed by atoms with Gasteiger partial charge in [-0.2, -0.15) is 0 Å². The molecule has 2 aromatic rings. The fourth-order valence-electron chi connectivity index (χ4n) is 2.00. The Morgan fingerprint density at radius 3 is 2.78 bits per heavy atom. The molecule has 1 N–H and O–H groups in total. The lowest BCUT2D eigenvalue weighted by molar-refractivity contribution is 0.265. The van der Waals surface area contributed by atoms with E-state index in [1.807, 2.05) is 4.57 Å². The molecule has 1 aromatic heterocycles. The summed E-state index contributed by atoms with van der Waals surface area (Å²) in [6.07, 6.45) is 2.13. The minimum atomic E-state index is -0.300. The number of hydrogen-bond acceptors (Lipinski definition) is 3. The number of aliphatic hydroxyl groups is 1. The van der Waals surface area contributed by atoms with E-state index in [-0.39, 0.29) is 12.4 Å². The van der Waals surface area contributed by atoms with Gasteiger partial charge in [-0.1, -0.05) is 0 Å². The average molecular weight is 312 g/mol. The van der Waals surface area contributed by atoms with E-state index < -0.39 is 0 Å². The zero-order chi connectivity index (χ0) is 12.7. The highest BCUT2D eigenvalue weighted by molar-refractivity contribution is 9.10. The van der Waals surface area contributed by atoms with Gasteiger partial charge in [-0.15, -0.1) is 10.2 Å². The second-order valence-electron chi connectivity index (χ2n) is 4.32. The summed E-state index contributed by atoms with van der Waals surface area (Å²) in [5, 5.41) is 17.4. The summed E-state index contributed by atoms with van der Waals surface area (Å²) in [5.74, 6) is 0.933. The lowest BCUT2D eigenvalue weighted by Gasteiger charge is -2.09. The molecule has 0 aliphatic heterocycles. The third kappa shape index (κ3) is 1.95. The molecule has 6 heteroatoms. The maximum absolute atomic E-state index is 13.1. The third-order valence-electron chi connectivity index (χ3n) is 2.99. The molecule has 0 unspecified atom stereocenters. The van der Waals surface area contributed by atoms with Crippen molar-refractivity contribution in [3.8, 4) is 11.4 Å². The molecule has 1 heterocycles. The quantitative estimate of drug-likeness (QED) is 0.948. The zero-order valence-corrected chi connectivity index (χ0v) is 11.1. The summed E-state index contributed by atoms with van der Waals surface area (Å²) in [5.41, 5.74) is 0.788.